The molecule has 22 heavy (non-hydrogen) atoms. The molecule has 118 valence electrons. The first-order valence-corrected chi connectivity index (χ1v) is 7.48. The molecule has 2 aromatic rings. The largest absolute Gasteiger partial charge is 0.392 e. The van der Waals surface area contributed by atoms with Gasteiger partial charge >= 0.3 is 0 Å². The monoisotopic (exact) mass is 302 g/mol. The van der Waals surface area contributed by atoms with Crippen LogP contribution in [0, 0.1) is 5.82 Å². The van der Waals surface area contributed by atoms with Crippen molar-refractivity contribution < 1.29 is 9.50 Å². The van der Waals surface area contributed by atoms with Crippen molar-refractivity contribution >= 4 is 0 Å². The van der Waals surface area contributed by atoms with Gasteiger partial charge in [0.25, 0.3) is 0 Å². The Bertz CT molecular complexity index is 589. The zero-order valence-electron chi connectivity index (χ0n) is 13.0. The van der Waals surface area contributed by atoms with E-state index in [1.54, 1.807) is 19.1 Å². The topological polar surface area (TPSA) is 28.4 Å². The third kappa shape index (κ3) is 4.83. The molecule has 0 radical (unpaired) electrons. The minimum Gasteiger partial charge on any atom is -0.392 e. The van der Waals surface area contributed by atoms with Crippen molar-refractivity contribution in [2.75, 3.05) is 13.1 Å². The van der Waals surface area contributed by atoms with Crippen LogP contribution in [0.15, 0.2) is 55.3 Å². The summed E-state index contributed by atoms with van der Waals surface area (Å²) >= 11 is 0. The molecule has 0 unspecified atom stereocenters. The molecule has 0 aliphatic rings. The molecule has 1 aromatic carbocycles. The Morgan fingerprint density at radius 1 is 1.32 bits per heavy atom. The van der Waals surface area contributed by atoms with E-state index in [1.165, 1.54) is 12.1 Å². The number of aliphatic hydroxyl groups is 1. The number of hydrogen-bond acceptors (Lipinski definition) is 2. The predicted molar refractivity (Wildman–Crippen MR) is 87.1 cm³/mol. The van der Waals surface area contributed by atoms with Gasteiger partial charge in [-0.2, -0.15) is 0 Å². The summed E-state index contributed by atoms with van der Waals surface area (Å²) in [5, 5.41) is 9.59. The fourth-order valence-corrected chi connectivity index (χ4v) is 2.52. The predicted octanol–water partition coefficient (Wildman–Crippen LogP) is 3.04. The highest BCUT2D eigenvalue weighted by Gasteiger charge is 2.10. The summed E-state index contributed by atoms with van der Waals surface area (Å²) in [5.74, 6) is -0.217. The first-order chi connectivity index (χ1) is 10.6. The molecule has 0 fully saturated rings. The van der Waals surface area contributed by atoms with Gasteiger partial charge in [0.15, 0.2) is 0 Å². The summed E-state index contributed by atoms with van der Waals surface area (Å²) in [7, 11) is 0. The first-order valence-electron chi connectivity index (χ1n) is 7.48. The molecule has 1 aromatic heterocycles. The number of aromatic nitrogens is 1. The van der Waals surface area contributed by atoms with Crippen molar-refractivity contribution in [2.45, 2.75) is 26.1 Å². The Morgan fingerprint density at radius 3 is 2.68 bits per heavy atom. The van der Waals surface area contributed by atoms with Crippen molar-refractivity contribution in [1.82, 2.24) is 9.47 Å². The highest BCUT2D eigenvalue weighted by atomic mass is 19.1. The van der Waals surface area contributed by atoms with E-state index >= 15 is 0 Å². The van der Waals surface area contributed by atoms with Crippen LogP contribution in [0.5, 0.6) is 0 Å². The standard InChI is InChI=1S/C18H23FN2O/c1-3-10-20(12-15(2)22)14-18-5-4-11-21(18)13-16-6-8-17(19)9-7-16/h3-9,11,15,22H,1,10,12-14H2,2H3/t15-/m0/s1. The maximum atomic E-state index is 13.0. The summed E-state index contributed by atoms with van der Waals surface area (Å²) in [5.41, 5.74) is 2.22. The number of rotatable bonds is 8. The maximum Gasteiger partial charge on any atom is 0.123 e. The van der Waals surface area contributed by atoms with Crippen LogP contribution in [0.4, 0.5) is 4.39 Å². The third-order valence-corrected chi connectivity index (χ3v) is 3.49. The molecule has 1 heterocycles. The lowest BCUT2D eigenvalue weighted by Gasteiger charge is -2.23. The Labute approximate surface area is 131 Å². The van der Waals surface area contributed by atoms with E-state index in [0.717, 1.165) is 24.3 Å². The summed E-state index contributed by atoms with van der Waals surface area (Å²) in [6.07, 6.45) is 3.49. The van der Waals surface area contributed by atoms with Gasteiger partial charge in [0.1, 0.15) is 5.82 Å². The Kier molecular flexibility index (Phi) is 5.92. The summed E-state index contributed by atoms with van der Waals surface area (Å²) < 4.78 is 15.1. The second-order valence-electron chi connectivity index (χ2n) is 5.59. The van der Waals surface area contributed by atoms with Crippen molar-refractivity contribution in [2.24, 2.45) is 0 Å². The molecule has 1 atom stereocenters. The van der Waals surface area contributed by atoms with Gasteiger partial charge in [-0.25, -0.2) is 4.39 Å². The molecule has 1 N–H and O–H groups in total. The minimum absolute atomic E-state index is 0.217. The van der Waals surface area contributed by atoms with Gasteiger partial charge in [0.2, 0.25) is 0 Å². The minimum atomic E-state index is -0.375. The smallest absolute Gasteiger partial charge is 0.123 e. The SMILES string of the molecule is C=CCN(Cc1cccn1Cc1ccc(F)cc1)C[C@H](C)O. The van der Waals surface area contributed by atoms with Gasteiger partial charge in [-0.15, -0.1) is 6.58 Å². The van der Waals surface area contributed by atoms with Crippen LogP contribution in [0.25, 0.3) is 0 Å². The van der Waals surface area contributed by atoms with E-state index < -0.39 is 0 Å². The molecule has 0 aliphatic carbocycles. The van der Waals surface area contributed by atoms with Crippen LogP contribution in [0.1, 0.15) is 18.2 Å². The van der Waals surface area contributed by atoms with Gasteiger partial charge in [-0.3, -0.25) is 4.90 Å². The molecule has 0 spiro atoms. The molecule has 4 heteroatoms. The molecular weight excluding hydrogens is 279 g/mol. The third-order valence-electron chi connectivity index (χ3n) is 3.49. The number of halogens is 1. The highest BCUT2D eigenvalue weighted by Crippen LogP contribution is 2.11. The zero-order valence-corrected chi connectivity index (χ0v) is 13.0. The van der Waals surface area contributed by atoms with Crippen LogP contribution in [0.2, 0.25) is 0 Å². The highest BCUT2D eigenvalue weighted by molar-refractivity contribution is 5.18. The van der Waals surface area contributed by atoms with Crippen LogP contribution in [-0.2, 0) is 13.1 Å². The fourth-order valence-electron chi connectivity index (χ4n) is 2.52. The molecule has 0 saturated heterocycles. The van der Waals surface area contributed by atoms with Crippen molar-refractivity contribution in [3.05, 3.63) is 72.3 Å². The lowest BCUT2D eigenvalue weighted by atomic mass is 10.2. The summed E-state index contributed by atoms with van der Waals surface area (Å²) in [6, 6.07) is 10.6. The fraction of sp³-hybridized carbons (Fsp3) is 0.333. The van der Waals surface area contributed by atoms with Crippen molar-refractivity contribution in [3.8, 4) is 0 Å². The second-order valence-corrected chi connectivity index (χ2v) is 5.59. The second kappa shape index (κ2) is 7.92. The Hall–Kier alpha value is -1.91. The Balaban J connectivity index is 2.07. The number of hydrogen-bond donors (Lipinski definition) is 1. The molecule has 2 rings (SSSR count). The van der Waals surface area contributed by atoms with E-state index in [-0.39, 0.29) is 11.9 Å². The van der Waals surface area contributed by atoms with Crippen LogP contribution < -0.4 is 0 Å². The number of benzene rings is 1. The zero-order chi connectivity index (χ0) is 15.9. The quantitative estimate of drug-likeness (QED) is 0.759. The summed E-state index contributed by atoms with van der Waals surface area (Å²) in [6.45, 7) is 8.34. The number of aliphatic hydroxyl groups excluding tert-OH is 1. The number of nitrogens with zero attached hydrogens (tertiary/aromatic N) is 2. The van der Waals surface area contributed by atoms with Crippen molar-refractivity contribution in [1.29, 1.82) is 0 Å². The molecule has 0 saturated carbocycles. The molecule has 0 bridgehead atoms. The van der Waals surface area contributed by atoms with E-state index in [4.69, 9.17) is 0 Å². The molecule has 0 aliphatic heterocycles. The van der Waals surface area contributed by atoms with Gasteiger partial charge in [-0.1, -0.05) is 18.2 Å². The van der Waals surface area contributed by atoms with Crippen LogP contribution in [-0.4, -0.2) is 33.8 Å². The van der Waals surface area contributed by atoms with E-state index in [1.807, 2.05) is 18.3 Å². The van der Waals surface area contributed by atoms with Gasteiger partial charge in [-0.05, 0) is 36.8 Å². The normalized spacial score (nSPS) is 12.5. The average molecular weight is 302 g/mol. The Morgan fingerprint density at radius 2 is 2.05 bits per heavy atom. The van der Waals surface area contributed by atoms with Crippen LogP contribution in [0.3, 0.4) is 0 Å². The van der Waals surface area contributed by atoms with Crippen molar-refractivity contribution in [3.63, 3.8) is 0 Å². The molecular formula is C18H23FN2O. The van der Waals surface area contributed by atoms with Gasteiger partial charge < -0.3 is 9.67 Å². The lowest BCUT2D eigenvalue weighted by molar-refractivity contribution is 0.128. The van der Waals surface area contributed by atoms with Gasteiger partial charge in [0, 0.05) is 38.1 Å². The van der Waals surface area contributed by atoms with E-state index in [2.05, 4.69) is 22.1 Å². The average Bonchev–Trinajstić information content (AvgIpc) is 2.88. The maximum absolute atomic E-state index is 13.0. The van der Waals surface area contributed by atoms with E-state index in [0.29, 0.717) is 13.1 Å². The first kappa shape index (κ1) is 16.5. The summed E-state index contributed by atoms with van der Waals surface area (Å²) in [4.78, 5) is 2.15. The molecule has 0 amide bonds. The van der Waals surface area contributed by atoms with Gasteiger partial charge in [0.05, 0.1) is 6.10 Å². The van der Waals surface area contributed by atoms with Crippen LogP contribution >= 0.6 is 0 Å². The molecule has 3 nitrogen and oxygen atoms in total. The van der Waals surface area contributed by atoms with E-state index in [9.17, 15) is 9.50 Å². The lowest BCUT2D eigenvalue weighted by Crippen LogP contribution is -2.31.